The second-order valence-corrected chi connectivity index (χ2v) is 4.74. The Morgan fingerprint density at radius 1 is 1.30 bits per heavy atom. The molecule has 0 atom stereocenters. The summed E-state index contributed by atoms with van der Waals surface area (Å²) in [5.41, 5.74) is 6.12. The average Bonchev–Trinajstić information content (AvgIpc) is 3.26. The van der Waals surface area contributed by atoms with Crippen LogP contribution in [0.1, 0.15) is 18.4 Å². The van der Waals surface area contributed by atoms with Crippen molar-refractivity contribution in [2.45, 2.75) is 25.4 Å². The zero-order valence-electron chi connectivity index (χ0n) is 11.8. The lowest BCUT2D eigenvalue weighted by Gasteiger charge is -2.15. The molecule has 1 amide bonds. The number of carbonyl (C=O) groups is 1. The maximum absolute atomic E-state index is 10.8. The van der Waals surface area contributed by atoms with Gasteiger partial charge in [-0.15, -0.1) is 0 Å². The summed E-state index contributed by atoms with van der Waals surface area (Å²) >= 11 is 0. The van der Waals surface area contributed by atoms with Gasteiger partial charge in [0.05, 0.1) is 14.2 Å². The highest BCUT2D eigenvalue weighted by atomic mass is 16.5. The van der Waals surface area contributed by atoms with Crippen LogP contribution >= 0.6 is 0 Å². The summed E-state index contributed by atoms with van der Waals surface area (Å²) in [7, 11) is 3.09. The Bertz CT molecular complexity index is 461. The van der Waals surface area contributed by atoms with Gasteiger partial charge in [0.1, 0.15) is 0 Å². The van der Waals surface area contributed by atoms with E-state index in [4.69, 9.17) is 19.9 Å². The van der Waals surface area contributed by atoms with Crippen LogP contribution in [0.5, 0.6) is 17.2 Å². The van der Waals surface area contributed by atoms with E-state index in [2.05, 4.69) is 5.32 Å². The van der Waals surface area contributed by atoms with Crippen molar-refractivity contribution in [1.82, 2.24) is 5.32 Å². The number of primary amides is 1. The van der Waals surface area contributed by atoms with Crippen molar-refractivity contribution in [3.05, 3.63) is 17.7 Å². The highest BCUT2D eigenvalue weighted by Gasteiger charge is 2.21. The second-order valence-electron chi connectivity index (χ2n) is 4.74. The number of hydrogen-bond donors (Lipinski definition) is 2. The predicted octanol–water partition coefficient (Wildman–Crippen LogP) is 0.820. The first-order valence-corrected chi connectivity index (χ1v) is 6.53. The Labute approximate surface area is 118 Å². The molecule has 3 N–H and O–H groups in total. The highest BCUT2D eigenvalue weighted by Crippen LogP contribution is 2.38. The van der Waals surface area contributed by atoms with Gasteiger partial charge in [0.2, 0.25) is 5.75 Å². The van der Waals surface area contributed by atoms with Crippen LogP contribution in [0.2, 0.25) is 0 Å². The topological polar surface area (TPSA) is 82.8 Å². The minimum Gasteiger partial charge on any atom is -0.493 e. The Balaban J connectivity index is 2.17. The van der Waals surface area contributed by atoms with Gasteiger partial charge in [-0.25, -0.2) is 0 Å². The van der Waals surface area contributed by atoms with E-state index >= 15 is 0 Å². The minimum absolute atomic E-state index is 0.216. The molecule has 0 heterocycles. The van der Waals surface area contributed by atoms with E-state index in [0.717, 1.165) is 12.1 Å². The number of rotatable bonds is 8. The monoisotopic (exact) mass is 280 g/mol. The van der Waals surface area contributed by atoms with Gasteiger partial charge in [-0.2, -0.15) is 0 Å². The number of nitrogens with one attached hydrogen (secondary N) is 1. The van der Waals surface area contributed by atoms with Crippen LogP contribution < -0.4 is 25.3 Å². The number of ether oxygens (including phenoxy) is 3. The molecule has 0 spiro atoms. The van der Waals surface area contributed by atoms with Crippen molar-refractivity contribution in [1.29, 1.82) is 0 Å². The fourth-order valence-corrected chi connectivity index (χ4v) is 1.87. The molecule has 6 nitrogen and oxygen atoms in total. The molecule has 1 fully saturated rings. The summed E-state index contributed by atoms with van der Waals surface area (Å²) in [5, 5.41) is 3.42. The second kappa shape index (κ2) is 6.47. The molecular weight excluding hydrogens is 260 g/mol. The number of amides is 1. The lowest BCUT2D eigenvalue weighted by molar-refractivity contribution is -0.119. The van der Waals surface area contributed by atoms with Crippen LogP contribution in [0, 0.1) is 0 Å². The van der Waals surface area contributed by atoms with E-state index in [9.17, 15) is 4.79 Å². The molecule has 1 aromatic rings. The van der Waals surface area contributed by atoms with Crippen molar-refractivity contribution < 1.29 is 19.0 Å². The fourth-order valence-electron chi connectivity index (χ4n) is 1.87. The van der Waals surface area contributed by atoms with Crippen LogP contribution in [0.15, 0.2) is 12.1 Å². The van der Waals surface area contributed by atoms with E-state index in [1.54, 1.807) is 14.2 Å². The van der Waals surface area contributed by atoms with E-state index in [1.165, 1.54) is 12.8 Å². The first-order chi connectivity index (χ1) is 9.63. The minimum atomic E-state index is -0.548. The van der Waals surface area contributed by atoms with Crippen LogP contribution in [-0.2, 0) is 11.3 Å². The average molecular weight is 280 g/mol. The Morgan fingerprint density at radius 3 is 2.35 bits per heavy atom. The van der Waals surface area contributed by atoms with E-state index in [0.29, 0.717) is 23.3 Å². The standard InChI is InChI=1S/C14H20N2O4/c1-18-11-5-9(7-16-10-3-4-10)6-12(19-2)14(11)20-8-13(15)17/h5-6,10,16H,3-4,7-8H2,1-2H3,(H2,15,17). The largest absolute Gasteiger partial charge is 0.493 e. The molecule has 0 unspecified atom stereocenters. The molecule has 0 bridgehead atoms. The van der Waals surface area contributed by atoms with Crippen LogP contribution in [0.3, 0.4) is 0 Å². The molecule has 1 aromatic carbocycles. The van der Waals surface area contributed by atoms with Gasteiger partial charge in [-0.3, -0.25) is 4.79 Å². The van der Waals surface area contributed by atoms with Gasteiger partial charge in [0.15, 0.2) is 18.1 Å². The maximum atomic E-state index is 10.8. The summed E-state index contributed by atoms with van der Waals surface area (Å²) in [6.45, 7) is 0.528. The SMILES string of the molecule is COc1cc(CNC2CC2)cc(OC)c1OCC(N)=O. The molecule has 110 valence electrons. The third-order valence-corrected chi connectivity index (χ3v) is 3.05. The van der Waals surface area contributed by atoms with Crippen LogP contribution in [0.4, 0.5) is 0 Å². The molecule has 1 aliphatic rings. The van der Waals surface area contributed by atoms with Gasteiger partial charge in [0, 0.05) is 12.6 Å². The zero-order chi connectivity index (χ0) is 14.5. The normalized spacial score (nSPS) is 13.9. The summed E-state index contributed by atoms with van der Waals surface area (Å²) < 4.78 is 16.0. The zero-order valence-corrected chi connectivity index (χ0v) is 11.8. The van der Waals surface area contributed by atoms with Crippen molar-refractivity contribution in [3.63, 3.8) is 0 Å². The maximum Gasteiger partial charge on any atom is 0.255 e. The number of hydrogen-bond acceptors (Lipinski definition) is 5. The van der Waals surface area contributed by atoms with E-state index < -0.39 is 5.91 Å². The number of carbonyl (C=O) groups excluding carboxylic acids is 1. The van der Waals surface area contributed by atoms with Gasteiger partial charge in [0.25, 0.3) is 5.91 Å². The Morgan fingerprint density at radius 2 is 1.90 bits per heavy atom. The van der Waals surface area contributed by atoms with Gasteiger partial charge < -0.3 is 25.3 Å². The highest BCUT2D eigenvalue weighted by molar-refractivity contribution is 5.75. The third kappa shape index (κ3) is 3.77. The molecular formula is C14H20N2O4. The first-order valence-electron chi connectivity index (χ1n) is 6.53. The van der Waals surface area contributed by atoms with Crippen molar-refractivity contribution in [2.75, 3.05) is 20.8 Å². The summed E-state index contributed by atoms with van der Waals surface area (Å²) in [4.78, 5) is 10.8. The summed E-state index contributed by atoms with van der Waals surface area (Å²) in [5.74, 6) is 0.897. The van der Waals surface area contributed by atoms with Gasteiger partial charge in [-0.05, 0) is 30.5 Å². The molecule has 20 heavy (non-hydrogen) atoms. The lowest BCUT2D eigenvalue weighted by atomic mass is 10.1. The smallest absolute Gasteiger partial charge is 0.255 e. The predicted molar refractivity (Wildman–Crippen MR) is 74.1 cm³/mol. The van der Waals surface area contributed by atoms with Crippen LogP contribution in [0.25, 0.3) is 0 Å². The van der Waals surface area contributed by atoms with Gasteiger partial charge in [-0.1, -0.05) is 0 Å². The number of benzene rings is 1. The number of methoxy groups -OCH3 is 2. The molecule has 0 saturated heterocycles. The molecule has 1 aliphatic carbocycles. The molecule has 0 aromatic heterocycles. The van der Waals surface area contributed by atoms with Crippen LogP contribution in [-0.4, -0.2) is 32.8 Å². The summed E-state index contributed by atoms with van der Waals surface area (Å²) in [6, 6.07) is 4.36. The van der Waals surface area contributed by atoms with Crippen molar-refractivity contribution in [3.8, 4) is 17.2 Å². The van der Waals surface area contributed by atoms with E-state index in [1.807, 2.05) is 12.1 Å². The van der Waals surface area contributed by atoms with Crippen molar-refractivity contribution in [2.24, 2.45) is 5.73 Å². The van der Waals surface area contributed by atoms with Crippen molar-refractivity contribution >= 4 is 5.91 Å². The fraction of sp³-hybridized carbons (Fsp3) is 0.500. The van der Waals surface area contributed by atoms with Gasteiger partial charge >= 0.3 is 0 Å². The Kier molecular flexibility index (Phi) is 4.68. The third-order valence-electron chi connectivity index (χ3n) is 3.05. The lowest BCUT2D eigenvalue weighted by Crippen LogP contribution is -2.20. The Hall–Kier alpha value is -1.95. The quantitative estimate of drug-likeness (QED) is 0.736. The molecule has 1 saturated carbocycles. The first kappa shape index (κ1) is 14.5. The molecule has 0 aliphatic heterocycles. The van der Waals surface area contributed by atoms with E-state index in [-0.39, 0.29) is 6.61 Å². The summed E-state index contributed by atoms with van der Waals surface area (Å²) in [6.07, 6.45) is 2.46. The molecule has 6 heteroatoms. The molecule has 2 rings (SSSR count). The molecule has 0 radical (unpaired) electrons. The number of nitrogens with two attached hydrogens (primary N) is 1.